The Kier molecular flexibility index (Phi) is 3.86. The van der Waals surface area contributed by atoms with Crippen LogP contribution in [0.5, 0.6) is 0 Å². The molecule has 0 fully saturated rings. The first-order valence-corrected chi connectivity index (χ1v) is 4.84. The van der Waals surface area contributed by atoms with Crippen molar-refractivity contribution < 1.29 is 48.1 Å². The number of Topliss-reactive ketones (excluding diaryl/α,β-unsaturated/α-hetero) is 1. The monoisotopic (exact) mass is 292 g/mol. The van der Waals surface area contributed by atoms with Gasteiger partial charge in [-0.25, -0.2) is 0 Å². The summed E-state index contributed by atoms with van der Waals surface area (Å²) in [6.45, 7) is -0.307. The number of carbonyl (C=O) groups is 1. The molecule has 12 heteroatoms. The predicted molar refractivity (Wildman–Crippen MR) is 36.6 cm³/mol. The summed E-state index contributed by atoms with van der Waals surface area (Å²) < 4.78 is 107. The third-order valence-electron chi connectivity index (χ3n) is 1.09. The summed E-state index contributed by atoms with van der Waals surface area (Å²) in [5.41, 5.74) is 0. The van der Waals surface area contributed by atoms with Crippen LogP contribution in [0.4, 0.5) is 30.7 Å². The molecule has 0 aliphatic carbocycles. The van der Waals surface area contributed by atoms with Gasteiger partial charge in [-0.1, -0.05) is 0 Å². The Hall–Kier alpha value is -0.910. The third kappa shape index (κ3) is 3.80. The molecular formula is C5H3F7O4S. The second kappa shape index (κ2) is 4.08. The van der Waals surface area contributed by atoms with E-state index < -0.39 is 33.4 Å². The van der Waals surface area contributed by atoms with Gasteiger partial charge in [-0.05, 0) is 0 Å². The zero-order chi connectivity index (χ0) is 14.3. The van der Waals surface area contributed by atoms with Gasteiger partial charge in [-0.3, -0.25) is 4.79 Å². The Bertz CT molecular complexity index is 403. The molecule has 0 amide bonds. The van der Waals surface area contributed by atoms with E-state index in [0.29, 0.717) is 0 Å². The van der Waals surface area contributed by atoms with Crippen molar-refractivity contribution in [2.45, 2.75) is 24.5 Å². The summed E-state index contributed by atoms with van der Waals surface area (Å²) in [5, 5.41) is -6.15. The Morgan fingerprint density at radius 2 is 1.35 bits per heavy atom. The van der Waals surface area contributed by atoms with Crippen molar-refractivity contribution >= 4 is 15.9 Å². The first-order chi connectivity index (χ1) is 7.11. The average molecular weight is 292 g/mol. The summed E-state index contributed by atoms with van der Waals surface area (Å²) in [4.78, 5) is 10.0. The van der Waals surface area contributed by atoms with Gasteiger partial charge in [-0.15, -0.1) is 0 Å². The van der Waals surface area contributed by atoms with Gasteiger partial charge in [0.1, 0.15) is 0 Å². The van der Waals surface area contributed by atoms with Crippen LogP contribution in [-0.2, 0) is 19.1 Å². The maximum absolute atomic E-state index is 12.5. The summed E-state index contributed by atoms with van der Waals surface area (Å²) in [6.07, 6.45) is -10.9. The maximum Gasteiger partial charge on any atom is 0.457 e. The second-order valence-electron chi connectivity index (χ2n) is 2.69. The molecule has 0 radical (unpaired) electrons. The normalized spacial score (nSPS) is 14.8. The van der Waals surface area contributed by atoms with E-state index in [0.717, 1.165) is 0 Å². The zero-order valence-electron chi connectivity index (χ0n) is 7.69. The van der Waals surface area contributed by atoms with Crippen LogP contribution in [-0.4, -0.2) is 31.7 Å². The Morgan fingerprint density at radius 3 is 1.59 bits per heavy atom. The molecule has 0 N–H and O–H groups in total. The number of alkyl halides is 7. The van der Waals surface area contributed by atoms with Gasteiger partial charge in [0.2, 0.25) is 0 Å². The van der Waals surface area contributed by atoms with Crippen molar-refractivity contribution in [2.75, 3.05) is 0 Å². The number of halogens is 7. The molecule has 0 atom stereocenters. The predicted octanol–water partition coefficient (Wildman–Crippen LogP) is 1.67. The van der Waals surface area contributed by atoms with E-state index in [2.05, 4.69) is 4.18 Å². The lowest BCUT2D eigenvalue weighted by Gasteiger charge is -2.18. The van der Waals surface area contributed by atoms with Gasteiger partial charge in [0.05, 0.1) is 0 Å². The van der Waals surface area contributed by atoms with Gasteiger partial charge in [0, 0.05) is 6.92 Å². The van der Waals surface area contributed by atoms with Crippen molar-refractivity contribution in [3.05, 3.63) is 0 Å². The molecule has 0 saturated carbocycles. The lowest BCUT2D eigenvalue weighted by Crippen LogP contribution is -2.47. The zero-order valence-corrected chi connectivity index (χ0v) is 8.50. The molecule has 0 rings (SSSR count). The minimum atomic E-state index is -6.75. The lowest BCUT2D eigenvalue weighted by molar-refractivity contribution is -0.191. The first kappa shape index (κ1) is 16.1. The van der Waals surface area contributed by atoms with Crippen LogP contribution >= 0.6 is 0 Å². The molecule has 0 bridgehead atoms. The summed E-state index contributed by atoms with van der Waals surface area (Å²) in [5.74, 6) is -4.02. The summed E-state index contributed by atoms with van der Waals surface area (Å²) >= 11 is 0. The fraction of sp³-hybridized carbons (Fsp3) is 0.800. The van der Waals surface area contributed by atoms with Crippen molar-refractivity contribution in [3.8, 4) is 0 Å². The van der Waals surface area contributed by atoms with Crippen LogP contribution in [0.25, 0.3) is 0 Å². The number of ketones is 1. The molecule has 0 aliphatic heterocycles. The smallest absolute Gasteiger partial charge is 0.281 e. The molecule has 102 valence electrons. The SMILES string of the molecule is CC(F)(F)OS(=O)(=O)C(F)(F)C(=O)C(F)(F)F. The standard InChI is InChI=1S/C5H3F7O4S/c1-3(6,7)16-17(14,15)5(11,12)2(13)4(8,9)10/h1H3. The van der Waals surface area contributed by atoms with Gasteiger partial charge < -0.3 is 0 Å². The molecule has 17 heavy (non-hydrogen) atoms. The molecule has 4 nitrogen and oxygen atoms in total. The van der Waals surface area contributed by atoms with Crippen LogP contribution in [0.2, 0.25) is 0 Å². The number of hydrogen-bond donors (Lipinski definition) is 0. The highest BCUT2D eigenvalue weighted by Crippen LogP contribution is 2.35. The largest absolute Gasteiger partial charge is 0.457 e. The molecule has 0 spiro atoms. The second-order valence-corrected chi connectivity index (χ2v) is 4.28. The first-order valence-electron chi connectivity index (χ1n) is 3.44. The van der Waals surface area contributed by atoms with Crippen LogP contribution in [0, 0.1) is 0 Å². The van der Waals surface area contributed by atoms with E-state index in [1.54, 1.807) is 0 Å². The van der Waals surface area contributed by atoms with Crippen molar-refractivity contribution in [1.29, 1.82) is 0 Å². The summed E-state index contributed by atoms with van der Waals surface area (Å²) in [7, 11) is -6.75. The number of carbonyl (C=O) groups excluding carboxylic acids is 1. The molecule has 0 saturated heterocycles. The van der Waals surface area contributed by atoms with E-state index in [9.17, 15) is 43.9 Å². The van der Waals surface area contributed by atoms with E-state index >= 15 is 0 Å². The summed E-state index contributed by atoms with van der Waals surface area (Å²) in [6, 6.07) is 0. The Labute approximate surface area is 89.5 Å². The van der Waals surface area contributed by atoms with Crippen molar-refractivity contribution in [3.63, 3.8) is 0 Å². The number of rotatable bonds is 4. The average Bonchev–Trinajstić information content (AvgIpc) is 1.95. The molecular weight excluding hydrogens is 289 g/mol. The highest BCUT2D eigenvalue weighted by atomic mass is 32.2. The van der Waals surface area contributed by atoms with Crippen LogP contribution in [0.15, 0.2) is 0 Å². The Balaban J connectivity index is 5.41. The Morgan fingerprint density at radius 1 is 1.00 bits per heavy atom. The lowest BCUT2D eigenvalue weighted by atomic mass is 10.4. The van der Waals surface area contributed by atoms with E-state index in [-0.39, 0.29) is 6.92 Å². The molecule has 0 aliphatic rings. The van der Waals surface area contributed by atoms with Crippen LogP contribution in [0.1, 0.15) is 6.92 Å². The molecule has 0 aromatic carbocycles. The highest BCUT2D eigenvalue weighted by molar-refractivity contribution is 7.88. The fourth-order valence-electron chi connectivity index (χ4n) is 0.524. The van der Waals surface area contributed by atoms with E-state index in [4.69, 9.17) is 0 Å². The number of hydrogen-bond acceptors (Lipinski definition) is 4. The molecule has 0 aromatic heterocycles. The van der Waals surface area contributed by atoms with Crippen LogP contribution in [0.3, 0.4) is 0 Å². The van der Waals surface area contributed by atoms with E-state index in [1.807, 2.05) is 0 Å². The van der Waals surface area contributed by atoms with Gasteiger partial charge in [0.15, 0.2) is 0 Å². The van der Waals surface area contributed by atoms with Crippen molar-refractivity contribution in [2.24, 2.45) is 0 Å². The minimum Gasteiger partial charge on any atom is -0.281 e. The minimum absolute atomic E-state index is 0.307. The van der Waals surface area contributed by atoms with Gasteiger partial charge in [-0.2, -0.15) is 43.3 Å². The molecule has 0 heterocycles. The van der Waals surface area contributed by atoms with Gasteiger partial charge in [0.25, 0.3) is 0 Å². The van der Waals surface area contributed by atoms with E-state index in [1.165, 1.54) is 0 Å². The third-order valence-corrected chi connectivity index (χ3v) is 2.42. The maximum atomic E-state index is 12.5. The van der Waals surface area contributed by atoms with Crippen molar-refractivity contribution in [1.82, 2.24) is 0 Å². The molecule has 0 aromatic rings. The van der Waals surface area contributed by atoms with Gasteiger partial charge >= 0.3 is 33.4 Å². The fourth-order valence-corrected chi connectivity index (χ4v) is 1.36. The topological polar surface area (TPSA) is 60.4 Å². The van der Waals surface area contributed by atoms with Crippen LogP contribution < -0.4 is 0 Å². The quantitative estimate of drug-likeness (QED) is 0.584. The molecule has 0 unspecified atom stereocenters. The highest BCUT2D eigenvalue weighted by Gasteiger charge is 2.65.